The second-order valence-corrected chi connectivity index (χ2v) is 6.85. The Kier molecular flexibility index (Phi) is 3.55. The van der Waals surface area contributed by atoms with Crippen molar-refractivity contribution in [2.75, 3.05) is 26.7 Å². The molecule has 3 heterocycles. The molecule has 0 atom stereocenters. The van der Waals surface area contributed by atoms with Gasteiger partial charge in [-0.2, -0.15) is 0 Å². The first-order valence-corrected chi connectivity index (χ1v) is 8.40. The highest BCUT2D eigenvalue weighted by Crippen LogP contribution is 2.32. The Morgan fingerprint density at radius 1 is 1.27 bits per heavy atom. The summed E-state index contributed by atoms with van der Waals surface area (Å²) in [5.74, 6) is 0. The van der Waals surface area contributed by atoms with E-state index in [0.717, 1.165) is 26.2 Å². The number of likely N-dealkylation sites (N-methyl/N-ethyl adjacent to an activating group) is 1. The minimum atomic E-state index is 1.04. The van der Waals surface area contributed by atoms with Crippen LogP contribution in [0.25, 0.3) is 10.9 Å². The molecule has 2 aromatic rings. The average molecular weight is 295 g/mol. The summed E-state index contributed by atoms with van der Waals surface area (Å²) >= 11 is 0. The maximum Gasteiger partial charge on any atom is 0.0489 e. The molecule has 0 fully saturated rings. The largest absolute Gasteiger partial charge is 0.340 e. The highest BCUT2D eigenvalue weighted by Gasteiger charge is 2.22. The molecule has 1 aromatic carbocycles. The van der Waals surface area contributed by atoms with Crippen LogP contribution in [0.3, 0.4) is 0 Å². The molecule has 22 heavy (non-hydrogen) atoms. The molecule has 0 amide bonds. The predicted molar refractivity (Wildman–Crippen MR) is 92.3 cm³/mol. The van der Waals surface area contributed by atoms with Crippen LogP contribution in [-0.2, 0) is 19.5 Å². The van der Waals surface area contributed by atoms with E-state index in [9.17, 15) is 0 Å². The van der Waals surface area contributed by atoms with Gasteiger partial charge in [0.2, 0.25) is 0 Å². The summed E-state index contributed by atoms with van der Waals surface area (Å²) in [6.07, 6.45) is 4.76. The number of rotatable bonds is 2. The molecule has 1 N–H and O–H groups in total. The van der Waals surface area contributed by atoms with E-state index in [-0.39, 0.29) is 0 Å². The lowest BCUT2D eigenvalue weighted by Crippen LogP contribution is -2.28. The van der Waals surface area contributed by atoms with Crippen molar-refractivity contribution in [3.8, 4) is 0 Å². The van der Waals surface area contributed by atoms with Crippen molar-refractivity contribution in [1.29, 1.82) is 0 Å². The standard InChI is InChI=1S/C19H25N3/c1-14-5-6-18-16(10-14)17-13-21(2)9-7-19(17)22(18)12-15-4-3-8-20-11-15/h4-6,10,20H,3,7-9,11-13H2,1-2H3. The zero-order valence-corrected chi connectivity index (χ0v) is 13.7. The molecular formula is C19H25N3. The third kappa shape index (κ3) is 2.38. The molecule has 1 aromatic heterocycles. The van der Waals surface area contributed by atoms with Gasteiger partial charge in [0, 0.05) is 49.2 Å². The van der Waals surface area contributed by atoms with Gasteiger partial charge in [-0.15, -0.1) is 0 Å². The van der Waals surface area contributed by atoms with Crippen LogP contribution < -0.4 is 5.32 Å². The van der Waals surface area contributed by atoms with Crippen LogP contribution in [0.15, 0.2) is 29.8 Å². The lowest BCUT2D eigenvalue weighted by atomic mass is 10.0. The lowest BCUT2D eigenvalue weighted by Gasteiger charge is -2.25. The second-order valence-electron chi connectivity index (χ2n) is 6.85. The van der Waals surface area contributed by atoms with Crippen LogP contribution in [0.1, 0.15) is 23.2 Å². The number of hydrogen-bond acceptors (Lipinski definition) is 2. The summed E-state index contributed by atoms with van der Waals surface area (Å²) in [6, 6.07) is 6.94. The van der Waals surface area contributed by atoms with Crippen molar-refractivity contribution in [3.05, 3.63) is 46.7 Å². The minimum absolute atomic E-state index is 1.04. The lowest BCUT2D eigenvalue weighted by molar-refractivity contribution is 0.309. The molecule has 3 nitrogen and oxygen atoms in total. The molecule has 116 valence electrons. The minimum Gasteiger partial charge on any atom is -0.340 e. The predicted octanol–water partition coefficient (Wildman–Crippen LogP) is 2.86. The van der Waals surface area contributed by atoms with Crippen LogP contribution in [-0.4, -0.2) is 36.1 Å². The first kappa shape index (κ1) is 14.0. The molecule has 0 radical (unpaired) electrons. The topological polar surface area (TPSA) is 20.2 Å². The fourth-order valence-corrected chi connectivity index (χ4v) is 3.90. The Morgan fingerprint density at radius 2 is 2.18 bits per heavy atom. The Morgan fingerprint density at radius 3 is 3.00 bits per heavy atom. The SMILES string of the molecule is Cc1ccc2c(c1)c1c(n2CC2=CCCNC2)CCN(C)C1. The third-order valence-electron chi connectivity index (χ3n) is 5.07. The highest BCUT2D eigenvalue weighted by molar-refractivity contribution is 5.86. The van der Waals surface area contributed by atoms with Crippen molar-refractivity contribution in [2.24, 2.45) is 0 Å². The molecular weight excluding hydrogens is 270 g/mol. The maximum atomic E-state index is 3.50. The van der Waals surface area contributed by atoms with E-state index in [2.05, 4.69) is 53.0 Å². The van der Waals surface area contributed by atoms with Gasteiger partial charge in [0.1, 0.15) is 0 Å². The van der Waals surface area contributed by atoms with Crippen molar-refractivity contribution in [2.45, 2.75) is 32.9 Å². The van der Waals surface area contributed by atoms with E-state index in [0.29, 0.717) is 0 Å². The fraction of sp³-hybridized carbons (Fsp3) is 0.474. The van der Waals surface area contributed by atoms with Gasteiger partial charge in [-0.25, -0.2) is 0 Å². The Bertz CT molecular complexity index is 739. The first-order valence-electron chi connectivity index (χ1n) is 8.40. The van der Waals surface area contributed by atoms with E-state index < -0.39 is 0 Å². The van der Waals surface area contributed by atoms with Crippen LogP contribution >= 0.6 is 0 Å². The quantitative estimate of drug-likeness (QED) is 0.860. The fourth-order valence-electron chi connectivity index (χ4n) is 3.90. The molecule has 0 saturated carbocycles. The summed E-state index contributed by atoms with van der Waals surface area (Å²) in [5.41, 5.74) is 7.42. The molecule has 2 aliphatic rings. The number of nitrogens with one attached hydrogen (secondary N) is 1. The number of benzene rings is 1. The normalized spacial score (nSPS) is 19.3. The van der Waals surface area contributed by atoms with Crippen molar-refractivity contribution < 1.29 is 0 Å². The maximum absolute atomic E-state index is 3.50. The summed E-state index contributed by atoms with van der Waals surface area (Å²) in [4.78, 5) is 2.44. The Balaban J connectivity index is 1.84. The van der Waals surface area contributed by atoms with Gasteiger partial charge >= 0.3 is 0 Å². The number of nitrogens with zero attached hydrogens (tertiary/aromatic N) is 2. The second kappa shape index (κ2) is 5.56. The van der Waals surface area contributed by atoms with Gasteiger partial charge in [-0.05, 0) is 50.2 Å². The number of fused-ring (bicyclic) bond motifs is 3. The van der Waals surface area contributed by atoms with Gasteiger partial charge in [0.15, 0.2) is 0 Å². The van der Waals surface area contributed by atoms with Gasteiger partial charge in [-0.1, -0.05) is 17.7 Å². The Hall–Kier alpha value is -1.58. The highest BCUT2D eigenvalue weighted by atomic mass is 15.1. The molecule has 0 aliphatic carbocycles. The van der Waals surface area contributed by atoms with Gasteiger partial charge in [-0.3, -0.25) is 0 Å². The average Bonchev–Trinajstić information content (AvgIpc) is 2.81. The molecule has 4 rings (SSSR count). The summed E-state index contributed by atoms with van der Waals surface area (Å²) in [6.45, 7) is 7.66. The molecule has 2 aliphatic heterocycles. The van der Waals surface area contributed by atoms with Crippen molar-refractivity contribution in [1.82, 2.24) is 14.8 Å². The number of aromatic nitrogens is 1. The number of hydrogen-bond donors (Lipinski definition) is 1. The summed E-state index contributed by atoms with van der Waals surface area (Å²) in [5, 5.41) is 4.97. The summed E-state index contributed by atoms with van der Waals surface area (Å²) in [7, 11) is 2.23. The zero-order valence-electron chi connectivity index (χ0n) is 13.7. The smallest absolute Gasteiger partial charge is 0.0489 e. The third-order valence-corrected chi connectivity index (χ3v) is 5.07. The summed E-state index contributed by atoms with van der Waals surface area (Å²) < 4.78 is 2.58. The van der Waals surface area contributed by atoms with E-state index in [4.69, 9.17) is 0 Å². The van der Waals surface area contributed by atoms with Gasteiger partial charge in [0.25, 0.3) is 0 Å². The van der Waals surface area contributed by atoms with Crippen LogP contribution in [0.2, 0.25) is 0 Å². The van der Waals surface area contributed by atoms with E-state index in [1.165, 1.54) is 41.4 Å². The van der Waals surface area contributed by atoms with Gasteiger partial charge < -0.3 is 14.8 Å². The molecule has 0 saturated heterocycles. The van der Waals surface area contributed by atoms with E-state index in [1.807, 2.05) is 0 Å². The monoisotopic (exact) mass is 295 g/mol. The molecule has 0 bridgehead atoms. The van der Waals surface area contributed by atoms with Crippen molar-refractivity contribution in [3.63, 3.8) is 0 Å². The van der Waals surface area contributed by atoms with Crippen LogP contribution in [0.5, 0.6) is 0 Å². The first-order chi connectivity index (χ1) is 10.7. The van der Waals surface area contributed by atoms with E-state index >= 15 is 0 Å². The van der Waals surface area contributed by atoms with E-state index in [1.54, 1.807) is 11.3 Å². The molecule has 0 spiro atoms. The Labute approximate surface area is 132 Å². The van der Waals surface area contributed by atoms with Crippen LogP contribution in [0, 0.1) is 6.92 Å². The molecule has 3 heteroatoms. The number of aryl methyl sites for hydroxylation is 1. The zero-order chi connectivity index (χ0) is 15.1. The van der Waals surface area contributed by atoms with Gasteiger partial charge in [0.05, 0.1) is 0 Å². The molecule has 0 unspecified atom stereocenters. The van der Waals surface area contributed by atoms with Crippen molar-refractivity contribution >= 4 is 10.9 Å². The van der Waals surface area contributed by atoms with Crippen LogP contribution in [0.4, 0.5) is 0 Å².